The summed E-state index contributed by atoms with van der Waals surface area (Å²) in [5, 5.41) is 14.1. The molecule has 3 aliphatic heterocycles. The Hall–Kier alpha value is -3.02. The van der Waals surface area contributed by atoms with Crippen molar-refractivity contribution in [2.75, 3.05) is 26.2 Å². The summed E-state index contributed by atoms with van der Waals surface area (Å²) in [4.78, 5) is 19.3. The van der Waals surface area contributed by atoms with Gasteiger partial charge in [0.15, 0.2) is 11.5 Å². The zero-order valence-electron chi connectivity index (χ0n) is 24.0. The summed E-state index contributed by atoms with van der Waals surface area (Å²) < 4.78 is 68.1. The third-order valence-electron chi connectivity index (χ3n) is 8.68. The molecule has 3 saturated heterocycles. The van der Waals surface area contributed by atoms with Crippen LogP contribution in [-0.4, -0.2) is 88.9 Å². The van der Waals surface area contributed by atoms with Gasteiger partial charge in [-0.15, -0.1) is 0 Å². The third-order valence-corrected chi connectivity index (χ3v) is 8.68. The first-order chi connectivity index (χ1) is 19.1. The molecule has 0 aliphatic carbocycles. The minimum absolute atomic E-state index is 0.0963. The Labute approximate surface area is 237 Å². The molecule has 9 nitrogen and oxygen atoms in total. The van der Waals surface area contributed by atoms with E-state index in [0.29, 0.717) is 25.9 Å². The summed E-state index contributed by atoms with van der Waals surface area (Å²) >= 11 is 0. The lowest BCUT2D eigenvalue weighted by molar-refractivity contribution is -0.129. The van der Waals surface area contributed by atoms with Crippen LogP contribution in [0.1, 0.15) is 53.9 Å². The number of nitriles is 1. The topological polar surface area (TPSA) is 96.0 Å². The van der Waals surface area contributed by atoms with Crippen molar-refractivity contribution >= 4 is 25.2 Å². The molecule has 0 saturated carbocycles. The highest BCUT2D eigenvalue weighted by Crippen LogP contribution is 2.39. The minimum Gasteiger partial charge on any atom is -0.399 e. The van der Waals surface area contributed by atoms with Gasteiger partial charge in [0, 0.05) is 50.1 Å². The predicted molar refractivity (Wildman–Crippen MR) is 145 cm³/mol. The second kappa shape index (κ2) is 11.0. The number of carbonyl (C=O) groups is 1. The second-order valence-electron chi connectivity index (χ2n) is 11.8. The molecule has 1 aromatic heterocycles. The molecule has 0 spiro atoms. The number of carbonyl (C=O) groups excluding carboxylic acids is 1. The highest BCUT2D eigenvalue weighted by molar-refractivity contribution is 6.62. The molecular weight excluding hydrogens is 543 g/mol. The molecule has 0 unspecified atom stereocenters. The van der Waals surface area contributed by atoms with Gasteiger partial charge in [0.2, 0.25) is 0 Å². The van der Waals surface area contributed by atoms with Crippen LogP contribution in [0.2, 0.25) is 0 Å². The standard InChI is InChI=1S/C27H35BF4N6O3/c1-7-20(21(29)22(34-6)27(30,31)32)23(39)36-12-8-19(9-13-36)37-16-26(17-37,10-11-33)38-15-18(14-35-38)28-40-24(2,3)25(4,5)41-28/h7,14-15,19H,6,8-10,12-13,16-17H2,1-5H3/b20-7+,22-21+. The molecule has 3 fully saturated rings. The Morgan fingerprint density at radius 2 is 1.83 bits per heavy atom. The molecule has 0 N–H and O–H groups in total. The van der Waals surface area contributed by atoms with Gasteiger partial charge in [0.1, 0.15) is 5.54 Å². The molecule has 1 aromatic rings. The van der Waals surface area contributed by atoms with E-state index in [9.17, 15) is 27.6 Å². The Morgan fingerprint density at radius 3 is 2.32 bits per heavy atom. The number of halogens is 4. The van der Waals surface area contributed by atoms with Gasteiger partial charge in [-0.2, -0.15) is 23.5 Å². The zero-order chi connectivity index (χ0) is 30.4. The third kappa shape index (κ3) is 5.72. The first kappa shape index (κ1) is 30.9. The quantitative estimate of drug-likeness (QED) is 0.162. The van der Waals surface area contributed by atoms with Gasteiger partial charge in [-0.25, -0.2) is 4.39 Å². The van der Waals surface area contributed by atoms with Crippen molar-refractivity contribution < 1.29 is 31.7 Å². The van der Waals surface area contributed by atoms with Crippen molar-refractivity contribution in [3.63, 3.8) is 0 Å². The van der Waals surface area contributed by atoms with Gasteiger partial charge in [-0.1, -0.05) is 6.08 Å². The number of hydrogen-bond donors (Lipinski definition) is 0. The number of rotatable bonds is 7. The summed E-state index contributed by atoms with van der Waals surface area (Å²) in [5.74, 6) is -2.55. The average molecular weight is 578 g/mol. The van der Waals surface area contributed by atoms with Crippen LogP contribution in [-0.2, 0) is 19.6 Å². The highest BCUT2D eigenvalue weighted by Gasteiger charge is 2.53. The summed E-state index contributed by atoms with van der Waals surface area (Å²) in [5.41, 5.74) is -3.24. The molecule has 0 bridgehead atoms. The van der Waals surface area contributed by atoms with Crippen LogP contribution in [0.4, 0.5) is 17.6 Å². The van der Waals surface area contributed by atoms with Crippen molar-refractivity contribution in [3.05, 3.63) is 35.6 Å². The number of aromatic nitrogens is 2. The largest absolute Gasteiger partial charge is 0.498 e. The Morgan fingerprint density at radius 1 is 1.24 bits per heavy atom. The number of allylic oxidation sites excluding steroid dienone is 2. The fourth-order valence-corrected chi connectivity index (χ4v) is 5.51. The van der Waals surface area contributed by atoms with Gasteiger partial charge in [0.25, 0.3) is 5.91 Å². The van der Waals surface area contributed by atoms with E-state index in [1.165, 1.54) is 11.8 Å². The normalized spacial score (nSPS) is 23.6. The highest BCUT2D eigenvalue weighted by atomic mass is 19.4. The smallest absolute Gasteiger partial charge is 0.399 e. The van der Waals surface area contributed by atoms with Gasteiger partial charge < -0.3 is 14.2 Å². The van der Waals surface area contributed by atoms with E-state index >= 15 is 0 Å². The number of likely N-dealkylation sites (tertiary alicyclic amines) is 2. The first-order valence-corrected chi connectivity index (χ1v) is 13.5. The van der Waals surface area contributed by atoms with Crippen LogP contribution in [0.3, 0.4) is 0 Å². The van der Waals surface area contributed by atoms with Crippen LogP contribution < -0.4 is 5.46 Å². The van der Waals surface area contributed by atoms with Crippen LogP contribution in [0, 0.1) is 11.3 Å². The molecule has 41 heavy (non-hydrogen) atoms. The van der Waals surface area contributed by atoms with E-state index in [4.69, 9.17) is 9.31 Å². The number of alkyl halides is 3. The molecule has 222 valence electrons. The summed E-state index contributed by atoms with van der Waals surface area (Å²) in [6, 6.07) is 2.37. The van der Waals surface area contributed by atoms with Gasteiger partial charge in [0.05, 0.1) is 29.3 Å². The SMILES string of the molecule is C=N/C(=C(F)\C(=C/C)C(=O)N1CCC(N2CC(CC#N)(n3cc(B4OC(C)(C)C(C)(C)O4)cn3)C2)CC1)C(F)(F)F. The number of aliphatic imine (C=N–C) groups is 1. The van der Waals surface area contributed by atoms with Crippen LogP contribution in [0.5, 0.6) is 0 Å². The average Bonchev–Trinajstić information content (AvgIpc) is 3.43. The van der Waals surface area contributed by atoms with E-state index < -0.39 is 53.0 Å². The molecule has 0 atom stereocenters. The lowest BCUT2D eigenvalue weighted by Gasteiger charge is -2.53. The van der Waals surface area contributed by atoms with Crippen molar-refractivity contribution in [1.82, 2.24) is 19.6 Å². The van der Waals surface area contributed by atoms with Gasteiger partial charge in [-0.3, -0.25) is 19.4 Å². The Bertz CT molecular complexity index is 1270. The maximum Gasteiger partial charge on any atom is 0.498 e. The molecule has 0 aromatic carbocycles. The van der Waals surface area contributed by atoms with Crippen molar-refractivity contribution in [2.45, 2.75) is 82.8 Å². The van der Waals surface area contributed by atoms with E-state index in [0.717, 1.165) is 11.5 Å². The number of amides is 1. The molecule has 3 aliphatic rings. The van der Waals surface area contributed by atoms with Gasteiger partial charge >= 0.3 is 13.3 Å². The minimum atomic E-state index is -5.07. The maximum absolute atomic E-state index is 14.6. The van der Waals surface area contributed by atoms with E-state index in [1.807, 2.05) is 38.6 Å². The fraction of sp³-hybridized carbons (Fsp3) is 0.630. The van der Waals surface area contributed by atoms with Crippen molar-refractivity contribution in [1.29, 1.82) is 5.26 Å². The number of nitrogens with zero attached hydrogens (tertiary/aromatic N) is 6. The summed E-state index contributed by atoms with van der Waals surface area (Å²) in [6.07, 6.45) is 0.884. The van der Waals surface area contributed by atoms with E-state index in [-0.39, 0.29) is 25.6 Å². The van der Waals surface area contributed by atoms with E-state index in [1.54, 1.807) is 6.20 Å². The van der Waals surface area contributed by atoms with Crippen LogP contribution in [0.15, 0.2) is 40.6 Å². The molecule has 4 rings (SSSR count). The molecular formula is C27H35BF4N6O3. The monoisotopic (exact) mass is 578 g/mol. The fourth-order valence-electron chi connectivity index (χ4n) is 5.51. The Kier molecular flexibility index (Phi) is 8.30. The lowest BCUT2D eigenvalue weighted by atomic mass is 9.81. The van der Waals surface area contributed by atoms with Crippen LogP contribution >= 0.6 is 0 Å². The van der Waals surface area contributed by atoms with Gasteiger partial charge in [-0.05, 0) is 54.2 Å². The molecule has 4 heterocycles. The lowest BCUT2D eigenvalue weighted by Crippen LogP contribution is -2.66. The van der Waals surface area contributed by atoms with Crippen molar-refractivity contribution in [2.24, 2.45) is 4.99 Å². The number of hydrogen-bond acceptors (Lipinski definition) is 7. The van der Waals surface area contributed by atoms with Crippen molar-refractivity contribution in [3.8, 4) is 6.07 Å². The molecule has 1 amide bonds. The molecule has 14 heteroatoms. The Balaban J connectivity index is 1.39. The van der Waals surface area contributed by atoms with E-state index in [2.05, 4.69) is 27.8 Å². The summed E-state index contributed by atoms with van der Waals surface area (Å²) in [6.45, 7) is 13.7. The predicted octanol–water partition coefficient (Wildman–Crippen LogP) is 3.49. The second-order valence-corrected chi connectivity index (χ2v) is 11.8. The maximum atomic E-state index is 14.6. The number of piperidine rings is 1. The summed E-state index contributed by atoms with van der Waals surface area (Å²) in [7, 11) is -0.567. The van der Waals surface area contributed by atoms with Crippen LogP contribution in [0.25, 0.3) is 0 Å². The molecule has 0 radical (unpaired) electrons. The first-order valence-electron chi connectivity index (χ1n) is 13.5. The zero-order valence-corrected chi connectivity index (χ0v) is 24.0.